The number of aryl methyl sites for hydroxylation is 3. The molecule has 0 unspecified atom stereocenters. The third kappa shape index (κ3) is 3.96. The van der Waals surface area contributed by atoms with Crippen molar-refractivity contribution in [3.63, 3.8) is 0 Å². The first-order chi connectivity index (χ1) is 13.9. The maximum atomic E-state index is 13.1. The normalized spacial score (nSPS) is 17.3. The predicted molar refractivity (Wildman–Crippen MR) is 111 cm³/mol. The minimum absolute atomic E-state index is 0.0146. The summed E-state index contributed by atoms with van der Waals surface area (Å²) >= 11 is 0. The minimum atomic E-state index is -3.59. The molecule has 0 radical (unpaired) electrons. The van der Waals surface area contributed by atoms with Crippen LogP contribution < -0.4 is 5.32 Å². The molecule has 0 bridgehead atoms. The first-order valence-electron chi connectivity index (χ1n) is 10.3. The van der Waals surface area contributed by atoms with Gasteiger partial charge in [-0.2, -0.15) is 9.40 Å². The number of piperidine rings is 1. The Bertz CT molecular complexity index is 1040. The number of carbonyl (C=O) groups is 1. The highest BCUT2D eigenvalue weighted by Gasteiger charge is 2.32. The van der Waals surface area contributed by atoms with Crippen LogP contribution in [0.3, 0.4) is 0 Å². The third-order valence-corrected chi connectivity index (χ3v) is 8.06. The summed E-state index contributed by atoms with van der Waals surface area (Å²) in [5, 5.41) is 7.28. The number of nitrogens with zero attached hydrogens (tertiary/aromatic N) is 3. The number of aromatic nitrogens is 2. The van der Waals surface area contributed by atoms with Crippen molar-refractivity contribution in [1.82, 2.24) is 14.1 Å². The number of nitrogens with one attached hydrogen (secondary N) is 1. The molecule has 0 atom stereocenters. The van der Waals surface area contributed by atoms with E-state index in [0.717, 1.165) is 44.2 Å². The molecule has 156 valence electrons. The molecule has 1 amide bonds. The molecule has 2 heterocycles. The standard InChI is InChI=1S/C21H28N4O3S/c1-15-21(29(27,28)24-11-4-3-5-12-24)16(2)25(23-15)14-20(26)22-19-10-9-17-7-6-8-18(17)13-19/h9-10,13H,3-8,11-12,14H2,1-2H3,(H,22,26). The molecule has 1 saturated heterocycles. The van der Waals surface area contributed by atoms with Gasteiger partial charge in [-0.05, 0) is 69.2 Å². The highest BCUT2D eigenvalue weighted by molar-refractivity contribution is 7.89. The van der Waals surface area contributed by atoms with Crippen molar-refractivity contribution < 1.29 is 13.2 Å². The van der Waals surface area contributed by atoms with Gasteiger partial charge in [-0.3, -0.25) is 9.48 Å². The Labute approximate surface area is 172 Å². The van der Waals surface area contributed by atoms with E-state index < -0.39 is 10.0 Å². The number of anilines is 1. The molecule has 7 nitrogen and oxygen atoms in total. The van der Waals surface area contributed by atoms with Gasteiger partial charge in [-0.1, -0.05) is 12.5 Å². The lowest BCUT2D eigenvalue weighted by atomic mass is 10.1. The number of hydrogen-bond donors (Lipinski definition) is 1. The Morgan fingerprint density at radius 2 is 1.79 bits per heavy atom. The topological polar surface area (TPSA) is 84.3 Å². The molecule has 4 rings (SSSR count). The van der Waals surface area contributed by atoms with E-state index in [1.54, 1.807) is 18.2 Å². The van der Waals surface area contributed by atoms with Gasteiger partial charge in [0.15, 0.2) is 0 Å². The zero-order valence-corrected chi connectivity index (χ0v) is 17.9. The molecule has 1 N–H and O–H groups in total. The molecule has 0 spiro atoms. The van der Waals surface area contributed by atoms with Crippen LogP contribution in [0.15, 0.2) is 23.1 Å². The Kier molecular flexibility index (Phi) is 5.48. The smallest absolute Gasteiger partial charge is 0.246 e. The summed E-state index contributed by atoms with van der Waals surface area (Å²) in [6.45, 7) is 4.49. The van der Waals surface area contributed by atoms with Crippen LogP contribution in [0.4, 0.5) is 5.69 Å². The number of amides is 1. The SMILES string of the molecule is Cc1nn(CC(=O)Nc2ccc3c(c2)CCC3)c(C)c1S(=O)(=O)N1CCCCC1. The number of sulfonamides is 1. The van der Waals surface area contributed by atoms with Crippen molar-refractivity contribution in [2.45, 2.75) is 63.8 Å². The summed E-state index contributed by atoms with van der Waals surface area (Å²) in [7, 11) is -3.59. The lowest BCUT2D eigenvalue weighted by Gasteiger charge is -2.25. The lowest BCUT2D eigenvalue weighted by Crippen LogP contribution is -2.36. The summed E-state index contributed by atoms with van der Waals surface area (Å²) in [4.78, 5) is 12.8. The highest BCUT2D eigenvalue weighted by Crippen LogP contribution is 2.27. The first-order valence-corrected chi connectivity index (χ1v) is 11.8. The Morgan fingerprint density at radius 1 is 1.07 bits per heavy atom. The minimum Gasteiger partial charge on any atom is -0.324 e. The van der Waals surface area contributed by atoms with Crippen LogP contribution >= 0.6 is 0 Å². The summed E-state index contributed by atoms with van der Waals surface area (Å²) in [6.07, 6.45) is 6.14. The van der Waals surface area contributed by atoms with Gasteiger partial charge >= 0.3 is 0 Å². The van der Waals surface area contributed by atoms with E-state index in [9.17, 15) is 13.2 Å². The van der Waals surface area contributed by atoms with E-state index in [0.29, 0.717) is 24.5 Å². The second kappa shape index (κ2) is 7.91. The van der Waals surface area contributed by atoms with Crippen LogP contribution in [0, 0.1) is 13.8 Å². The number of benzene rings is 1. The van der Waals surface area contributed by atoms with Gasteiger partial charge in [-0.15, -0.1) is 0 Å². The van der Waals surface area contributed by atoms with E-state index in [-0.39, 0.29) is 17.3 Å². The van der Waals surface area contributed by atoms with Crippen molar-refractivity contribution in [3.8, 4) is 0 Å². The van der Waals surface area contributed by atoms with Crippen molar-refractivity contribution in [3.05, 3.63) is 40.7 Å². The van der Waals surface area contributed by atoms with Crippen molar-refractivity contribution in [2.24, 2.45) is 0 Å². The molecule has 2 aromatic rings. The largest absolute Gasteiger partial charge is 0.324 e. The molecule has 1 aromatic carbocycles. The summed E-state index contributed by atoms with van der Waals surface area (Å²) in [5.74, 6) is -0.213. The molecule has 1 aliphatic carbocycles. The van der Waals surface area contributed by atoms with Gasteiger partial charge in [0.2, 0.25) is 15.9 Å². The average molecular weight is 417 g/mol. The van der Waals surface area contributed by atoms with Crippen LogP contribution in [0.1, 0.15) is 48.2 Å². The fourth-order valence-corrected chi connectivity index (χ4v) is 6.32. The van der Waals surface area contributed by atoms with Gasteiger partial charge in [0.1, 0.15) is 11.4 Å². The fourth-order valence-electron chi connectivity index (χ4n) is 4.43. The average Bonchev–Trinajstić information content (AvgIpc) is 3.26. The molecular weight excluding hydrogens is 388 g/mol. The van der Waals surface area contributed by atoms with Gasteiger partial charge in [0.05, 0.1) is 11.4 Å². The fraction of sp³-hybridized carbons (Fsp3) is 0.524. The summed E-state index contributed by atoms with van der Waals surface area (Å²) < 4.78 is 29.2. The van der Waals surface area contributed by atoms with Gasteiger partial charge < -0.3 is 5.32 Å². The molecule has 0 saturated carbocycles. The van der Waals surface area contributed by atoms with E-state index >= 15 is 0 Å². The zero-order valence-electron chi connectivity index (χ0n) is 17.1. The molecule has 29 heavy (non-hydrogen) atoms. The molecule has 1 fully saturated rings. The first kappa shape index (κ1) is 20.1. The number of carbonyl (C=O) groups excluding carboxylic acids is 1. The summed E-state index contributed by atoms with van der Waals surface area (Å²) in [6, 6.07) is 6.04. The monoisotopic (exact) mass is 416 g/mol. The number of rotatable bonds is 5. The quantitative estimate of drug-likeness (QED) is 0.812. The second-order valence-electron chi connectivity index (χ2n) is 8.01. The molecule has 8 heteroatoms. The molecule has 1 aliphatic heterocycles. The second-order valence-corrected chi connectivity index (χ2v) is 9.88. The Hall–Kier alpha value is -2.19. The maximum Gasteiger partial charge on any atom is 0.246 e. The Balaban J connectivity index is 1.51. The van der Waals surface area contributed by atoms with Gasteiger partial charge in [0, 0.05) is 18.8 Å². The predicted octanol–water partition coefficient (Wildman–Crippen LogP) is 2.80. The van der Waals surface area contributed by atoms with Crippen LogP contribution in [-0.2, 0) is 34.2 Å². The van der Waals surface area contributed by atoms with E-state index in [2.05, 4.69) is 16.5 Å². The van der Waals surface area contributed by atoms with Crippen molar-refractivity contribution >= 4 is 21.6 Å². The van der Waals surface area contributed by atoms with Crippen LogP contribution in [-0.4, -0.2) is 41.5 Å². The Morgan fingerprint density at radius 3 is 2.55 bits per heavy atom. The van der Waals surface area contributed by atoms with E-state index in [4.69, 9.17) is 0 Å². The van der Waals surface area contributed by atoms with Crippen LogP contribution in [0.25, 0.3) is 0 Å². The van der Waals surface area contributed by atoms with E-state index in [1.807, 2.05) is 12.1 Å². The summed E-state index contributed by atoms with van der Waals surface area (Å²) in [5.41, 5.74) is 4.38. The van der Waals surface area contributed by atoms with Crippen LogP contribution in [0.2, 0.25) is 0 Å². The zero-order chi connectivity index (χ0) is 20.6. The number of hydrogen-bond acceptors (Lipinski definition) is 4. The molecule has 2 aliphatic rings. The molecular formula is C21H28N4O3S. The number of fused-ring (bicyclic) bond motifs is 1. The van der Waals surface area contributed by atoms with Crippen LogP contribution in [0.5, 0.6) is 0 Å². The third-order valence-electron chi connectivity index (χ3n) is 5.90. The maximum absolute atomic E-state index is 13.1. The molecule has 1 aromatic heterocycles. The van der Waals surface area contributed by atoms with Gasteiger partial charge in [0.25, 0.3) is 0 Å². The van der Waals surface area contributed by atoms with E-state index in [1.165, 1.54) is 15.8 Å². The van der Waals surface area contributed by atoms with Gasteiger partial charge in [-0.25, -0.2) is 8.42 Å². The lowest BCUT2D eigenvalue weighted by molar-refractivity contribution is -0.116. The highest BCUT2D eigenvalue weighted by atomic mass is 32.2. The van der Waals surface area contributed by atoms with Crippen molar-refractivity contribution in [1.29, 1.82) is 0 Å². The van der Waals surface area contributed by atoms with Crippen molar-refractivity contribution in [2.75, 3.05) is 18.4 Å².